The van der Waals surface area contributed by atoms with Crippen molar-refractivity contribution in [3.63, 3.8) is 0 Å². The van der Waals surface area contributed by atoms with E-state index in [4.69, 9.17) is 0 Å². The van der Waals surface area contributed by atoms with Crippen LogP contribution in [-0.4, -0.2) is 68.9 Å². The van der Waals surface area contributed by atoms with E-state index in [-0.39, 0.29) is 5.91 Å². The summed E-state index contributed by atoms with van der Waals surface area (Å²) in [7, 11) is 4.04. The van der Waals surface area contributed by atoms with Crippen LogP contribution in [0.4, 0.5) is 0 Å². The van der Waals surface area contributed by atoms with Crippen molar-refractivity contribution in [3.8, 4) is 0 Å². The maximum Gasteiger partial charge on any atom is 0.233 e. The summed E-state index contributed by atoms with van der Waals surface area (Å²) in [6.07, 6.45) is 2.24. The monoisotopic (exact) mass is 360 g/mol. The number of hydrogen-bond donors (Lipinski definition) is 0. The number of carbonyl (C=O) groups is 1. The Balaban J connectivity index is 1.60. The lowest BCUT2D eigenvalue weighted by atomic mass is 10.2. The second kappa shape index (κ2) is 8.44. The fourth-order valence-corrected chi connectivity index (χ4v) is 3.31. The first-order chi connectivity index (χ1) is 12.1. The Bertz CT molecular complexity index is 685. The smallest absolute Gasteiger partial charge is 0.233 e. The zero-order valence-corrected chi connectivity index (χ0v) is 15.5. The molecule has 1 aromatic carbocycles. The van der Waals surface area contributed by atoms with E-state index in [1.165, 1.54) is 11.8 Å². The van der Waals surface area contributed by atoms with Crippen LogP contribution in [-0.2, 0) is 11.3 Å². The second-order valence-electron chi connectivity index (χ2n) is 6.53. The molecule has 8 heteroatoms. The van der Waals surface area contributed by atoms with Crippen molar-refractivity contribution >= 4 is 17.7 Å². The molecule has 25 heavy (non-hydrogen) atoms. The molecule has 0 aliphatic heterocycles. The molecule has 134 valence electrons. The second-order valence-corrected chi connectivity index (χ2v) is 7.47. The summed E-state index contributed by atoms with van der Waals surface area (Å²) in [6.45, 7) is 2.17. The van der Waals surface area contributed by atoms with E-state index in [1.807, 2.05) is 41.9 Å². The molecule has 0 spiro atoms. The molecule has 0 atom stereocenters. The normalized spacial score (nSPS) is 14.0. The van der Waals surface area contributed by atoms with Crippen molar-refractivity contribution in [2.75, 3.05) is 32.9 Å². The molecule has 2 aromatic rings. The average Bonchev–Trinajstić information content (AvgIpc) is 3.35. The summed E-state index contributed by atoms with van der Waals surface area (Å²) in [4.78, 5) is 16.8. The van der Waals surface area contributed by atoms with Gasteiger partial charge < -0.3 is 9.80 Å². The third kappa shape index (κ3) is 5.27. The molecule has 1 aliphatic rings. The number of thioether (sulfide) groups is 1. The Morgan fingerprint density at radius 3 is 2.68 bits per heavy atom. The predicted molar refractivity (Wildman–Crippen MR) is 97.2 cm³/mol. The molecule has 1 saturated carbocycles. The van der Waals surface area contributed by atoms with Crippen LogP contribution in [0.3, 0.4) is 0 Å². The van der Waals surface area contributed by atoms with Crippen LogP contribution in [0.1, 0.15) is 24.4 Å². The largest absolute Gasteiger partial charge is 0.336 e. The number of hydrogen-bond acceptors (Lipinski definition) is 6. The molecule has 7 nitrogen and oxygen atoms in total. The topological polar surface area (TPSA) is 67.2 Å². The first-order valence-electron chi connectivity index (χ1n) is 8.50. The summed E-state index contributed by atoms with van der Waals surface area (Å²) < 4.78 is 1.85. The Labute approximate surface area is 152 Å². The van der Waals surface area contributed by atoms with Crippen LogP contribution in [0.2, 0.25) is 0 Å². The molecule has 1 aromatic heterocycles. The third-order valence-corrected chi connectivity index (χ3v) is 4.98. The van der Waals surface area contributed by atoms with Crippen molar-refractivity contribution in [2.24, 2.45) is 0 Å². The highest BCUT2D eigenvalue weighted by molar-refractivity contribution is 7.99. The minimum atomic E-state index is 0.112. The lowest BCUT2D eigenvalue weighted by Gasteiger charge is -2.24. The van der Waals surface area contributed by atoms with E-state index >= 15 is 0 Å². The lowest BCUT2D eigenvalue weighted by molar-refractivity contribution is -0.129. The molecular weight excluding hydrogens is 336 g/mol. The van der Waals surface area contributed by atoms with Crippen LogP contribution in [0, 0.1) is 0 Å². The van der Waals surface area contributed by atoms with E-state index in [2.05, 4.69) is 32.6 Å². The van der Waals surface area contributed by atoms with Crippen LogP contribution in [0.25, 0.3) is 0 Å². The van der Waals surface area contributed by atoms with E-state index < -0.39 is 0 Å². The van der Waals surface area contributed by atoms with Gasteiger partial charge in [-0.15, -0.1) is 5.10 Å². The molecule has 1 amide bonds. The molecular formula is C17H24N6OS. The highest BCUT2D eigenvalue weighted by Gasteiger charge is 2.28. The van der Waals surface area contributed by atoms with Gasteiger partial charge in [0, 0.05) is 19.6 Å². The number of tetrazole rings is 1. The number of rotatable bonds is 9. The molecule has 3 rings (SSSR count). The number of nitrogens with zero attached hydrogens (tertiary/aromatic N) is 6. The van der Waals surface area contributed by atoms with Crippen molar-refractivity contribution in [1.29, 1.82) is 0 Å². The van der Waals surface area contributed by atoms with Crippen LogP contribution < -0.4 is 0 Å². The Morgan fingerprint density at radius 1 is 1.24 bits per heavy atom. The first kappa shape index (κ1) is 17.9. The quantitative estimate of drug-likeness (QED) is 0.634. The van der Waals surface area contributed by atoms with E-state index in [0.717, 1.165) is 30.1 Å². The van der Waals surface area contributed by atoms with Gasteiger partial charge in [-0.25, -0.2) is 4.68 Å². The number of likely N-dealkylation sites (N-methyl/N-ethyl adjacent to an activating group) is 1. The van der Waals surface area contributed by atoms with Crippen molar-refractivity contribution in [3.05, 3.63) is 35.9 Å². The van der Waals surface area contributed by atoms with Crippen molar-refractivity contribution < 1.29 is 4.79 Å². The van der Waals surface area contributed by atoms with E-state index in [1.54, 1.807) is 0 Å². The molecule has 0 saturated heterocycles. The number of amides is 1. The standard InChI is InChI=1S/C17H24N6OS/c1-21(2)10-11-22(12-14-6-4-3-5-7-14)16(24)13-25-17-18-19-20-23(17)15-8-9-15/h3-7,15H,8-13H2,1-2H3. The highest BCUT2D eigenvalue weighted by Crippen LogP contribution is 2.36. The Morgan fingerprint density at radius 2 is 2.00 bits per heavy atom. The van der Waals surface area contributed by atoms with Gasteiger partial charge in [0.05, 0.1) is 11.8 Å². The third-order valence-electron chi connectivity index (χ3n) is 4.07. The fraction of sp³-hybridized carbons (Fsp3) is 0.529. The molecule has 1 heterocycles. The summed E-state index contributed by atoms with van der Waals surface area (Å²) in [5, 5.41) is 12.6. The van der Waals surface area contributed by atoms with Gasteiger partial charge in [0.25, 0.3) is 0 Å². The van der Waals surface area contributed by atoms with E-state index in [9.17, 15) is 4.79 Å². The Kier molecular flexibility index (Phi) is 6.04. The number of aromatic nitrogens is 4. The van der Waals surface area contributed by atoms with Crippen LogP contribution in [0.15, 0.2) is 35.5 Å². The SMILES string of the molecule is CN(C)CCN(Cc1ccccc1)C(=O)CSc1nnnn1C1CC1. The highest BCUT2D eigenvalue weighted by atomic mass is 32.2. The summed E-state index contributed by atoms with van der Waals surface area (Å²) in [5.74, 6) is 0.467. The van der Waals surface area contributed by atoms with Crippen molar-refractivity contribution in [2.45, 2.75) is 30.6 Å². The van der Waals surface area contributed by atoms with Crippen molar-refractivity contribution in [1.82, 2.24) is 30.0 Å². The molecule has 1 aliphatic carbocycles. The average molecular weight is 360 g/mol. The maximum atomic E-state index is 12.8. The maximum absolute atomic E-state index is 12.8. The Hall–Kier alpha value is -1.93. The van der Waals surface area contributed by atoms with Crippen LogP contribution in [0.5, 0.6) is 0 Å². The minimum absolute atomic E-state index is 0.112. The number of benzene rings is 1. The molecule has 0 unspecified atom stereocenters. The first-order valence-corrected chi connectivity index (χ1v) is 9.49. The number of carbonyl (C=O) groups excluding carboxylic acids is 1. The van der Waals surface area contributed by atoms with Gasteiger partial charge in [-0.2, -0.15) is 0 Å². The fourth-order valence-electron chi connectivity index (χ4n) is 2.46. The van der Waals surface area contributed by atoms with Gasteiger partial charge in [0.1, 0.15) is 0 Å². The summed E-state index contributed by atoms with van der Waals surface area (Å²) >= 11 is 1.43. The summed E-state index contributed by atoms with van der Waals surface area (Å²) in [6, 6.07) is 10.5. The van der Waals surface area contributed by atoms with Gasteiger partial charge in [-0.05, 0) is 42.9 Å². The predicted octanol–water partition coefficient (Wildman–Crippen LogP) is 1.69. The lowest BCUT2D eigenvalue weighted by Crippen LogP contribution is -2.37. The van der Waals surface area contributed by atoms with Gasteiger partial charge in [0.15, 0.2) is 0 Å². The molecule has 0 bridgehead atoms. The molecule has 0 N–H and O–H groups in total. The molecule has 1 fully saturated rings. The zero-order valence-electron chi connectivity index (χ0n) is 14.7. The zero-order chi connectivity index (χ0) is 17.6. The van der Waals surface area contributed by atoms with Gasteiger partial charge >= 0.3 is 0 Å². The van der Waals surface area contributed by atoms with E-state index in [0.29, 0.717) is 24.9 Å². The van der Waals surface area contributed by atoms with Gasteiger partial charge in [-0.1, -0.05) is 42.1 Å². The van der Waals surface area contributed by atoms with Gasteiger partial charge in [0.2, 0.25) is 11.1 Å². The van der Waals surface area contributed by atoms with Crippen LogP contribution >= 0.6 is 11.8 Å². The van der Waals surface area contributed by atoms with Gasteiger partial charge in [-0.3, -0.25) is 4.79 Å². The molecule has 0 radical (unpaired) electrons. The summed E-state index contributed by atoms with van der Waals surface area (Å²) in [5.41, 5.74) is 1.14. The minimum Gasteiger partial charge on any atom is -0.336 e.